The molecule has 1 aromatic carbocycles. The van der Waals surface area contributed by atoms with E-state index in [-0.39, 0.29) is 5.92 Å². The highest BCUT2D eigenvalue weighted by Crippen LogP contribution is 2.23. The van der Waals surface area contributed by atoms with E-state index in [1.807, 2.05) is 19.9 Å². The molecule has 0 saturated carbocycles. The Balaban J connectivity index is 2.64. The van der Waals surface area contributed by atoms with Gasteiger partial charge in [-0.2, -0.15) is 0 Å². The summed E-state index contributed by atoms with van der Waals surface area (Å²) in [7, 11) is 0. The zero-order valence-electron chi connectivity index (χ0n) is 19.5. The highest BCUT2D eigenvalue weighted by molar-refractivity contribution is 5.69. The minimum absolute atomic E-state index is 0.0608. The molecule has 30 heavy (non-hydrogen) atoms. The predicted octanol–water partition coefficient (Wildman–Crippen LogP) is 6.86. The van der Waals surface area contributed by atoms with E-state index >= 15 is 0 Å². The molecule has 1 rings (SSSR count). The van der Waals surface area contributed by atoms with Crippen molar-refractivity contribution in [1.29, 1.82) is 0 Å². The van der Waals surface area contributed by atoms with Gasteiger partial charge in [-0.15, -0.1) is 0 Å². The van der Waals surface area contributed by atoms with E-state index in [0.29, 0.717) is 0 Å². The van der Waals surface area contributed by atoms with Crippen LogP contribution in [0, 0.1) is 5.92 Å². The van der Waals surface area contributed by atoms with E-state index in [4.69, 9.17) is 9.47 Å². The molecule has 1 aromatic rings. The van der Waals surface area contributed by atoms with Gasteiger partial charge in [-0.1, -0.05) is 90.0 Å². The summed E-state index contributed by atoms with van der Waals surface area (Å²) >= 11 is 0. The van der Waals surface area contributed by atoms with Crippen molar-refractivity contribution in [3.63, 3.8) is 0 Å². The fourth-order valence-electron chi connectivity index (χ4n) is 3.40. The van der Waals surface area contributed by atoms with Crippen LogP contribution in [0.4, 0.5) is 0 Å². The zero-order chi connectivity index (χ0) is 22.4. The van der Waals surface area contributed by atoms with Gasteiger partial charge in [0.05, 0.1) is 0 Å². The standard InChI is InChI=1S/C26H40O4/c1-6-7-8-9-10-11-12-13-14-23-15-17-24(18-16-23)19-25(20(2)3)26(29-21(4)27)30-22(5)28/h15-20,26H,6-14H2,1-5H3. The van der Waals surface area contributed by atoms with Gasteiger partial charge < -0.3 is 9.47 Å². The Labute approximate surface area is 183 Å². The second-order valence-corrected chi connectivity index (χ2v) is 8.32. The minimum atomic E-state index is -0.989. The van der Waals surface area contributed by atoms with Crippen molar-refractivity contribution in [3.05, 3.63) is 41.0 Å². The summed E-state index contributed by atoms with van der Waals surface area (Å²) in [5.74, 6) is -0.896. The monoisotopic (exact) mass is 416 g/mol. The van der Waals surface area contributed by atoms with Crippen LogP contribution in [0.5, 0.6) is 0 Å². The second-order valence-electron chi connectivity index (χ2n) is 8.32. The van der Waals surface area contributed by atoms with Gasteiger partial charge in [0.1, 0.15) is 0 Å². The first kappa shape index (κ1) is 25.9. The van der Waals surface area contributed by atoms with Gasteiger partial charge >= 0.3 is 11.9 Å². The summed E-state index contributed by atoms with van der Waals surface area (Å²) in [5, 5.41) is 0. The normalized spacial score (nSPS) is 11.8. The number of aryl methyl sites for hydroxylation is 1. The Morgan fingerprint density at radius 3 is 1.80 bits per heavy atom. The minimum Gasteiger partial charge on any atom is -0.421 e. The SMILES string of the molecule is CCCCCCCCCCc1ccc(C=C(C(C)C)C(OC(C)=O)OC(C)=O)cc1. The summed E-state index contributed by atoms with van der Waals surface area (Å²) in [4.78, 5) is 22.9. The van der Waals surface area contributed by atoms with Crippen LogP contribution in [0.1, 0.15) is 97.1 Å². The Kier molecular flexibility index (Phi) is 12.8. The topological polar surface area (TPSA) is 52.6 Å². The Bertz CT molecular complexity index is 642. The Hall–Kier alpha value is -2.10. The lowest BCUT2D eigenvalue weighted by Crippen LogP contribution is -2.26. The van der Waals surface area contributed by atoms with Crippen molar-refractivity contribution < 1.29 is 19.1 Å². The van der Waals surface area contributed by atoms with Gasteiger partial charge in [-0.05, 0) is 36.0 Å². The first-order valence-electron chi connectivity index (χ1n) is 11.5. The lowest BCUT2D eigenvalue weighted by Gasteiger charge is -2.22. The van der Waals surface area contributed by atoms with E-state index in [9.17, 15) is 9.59 Å². The van der Waals surface area contributed by atoms with Crippen LogP contribution in [-0.4, -0.2) is 18.2 Å². The first-order valence-corrected chi connectivity index (χ1v) is 11.5. The number of ether oxygens (including phenoxy) is 2. The number of benzene rings is 1. The van der Waals surface area contributed by atoms with Crippen LogP contribution in [0.15, 0.2) is 29.8 Å². The molecule has 0 heterocycles. The third-order valence-electron chi connectivity index (χ3n) is 5.12. The second kappa shape index (κ2) is 14.8. The van der Waals surface area contributed by atoms with Crippen molar-refractivity contribution in [1.82, 2.24) is 0 Å². The van der Waals surface area contributed by atoms with Crippen LogP contribution in [0.25, 0.3) is 6.08 Å². The third-order valence-corrected chi connectivity index (χ3v) is 5.12. The molecule has 0 amide bonds. The molecule has 0 unspecified atom stereocenters. The molecular formula is C26H40O4. The lowest BCUT2D eigenvalue weighted by molar-refractivity contribution is -0.178. The molecule has 0 aliphatic heterocycles. The van der Waals surface area contributed by atoms with Crippen molar-refractivity contribution in [2.24, 2.45) is 5.92 Å². The Morgan fingerprint density at radius 1 is 0.833 bits per heavy atom. The van der Waals surface area contributed by atoms with Crippen molar-refractivity contribution >= 4 is 18.0 Å². The van der Waals surface area contributed by atoms with E-state index < -0.39 is 18.2 Å². The maximum Gasteiger partial charge on any atom is 0.305 e. The lowest BCUT2D eigenvalue weighted by atomic mass is 9.98. The maximum absolute atomic E-state index is 11.4. The molecule has 0 aromatic heterocycles. The van der Waals surface area contributed by atoms with Crippen LogP contribution in [0.2, 0.25) is 0 Å². The van der Waals surface area contributed by atoms with Crippen LogP contribution < -0.4 is 0 Å². The van der Waals surface area contributed by atoms with Crippen LogP contribution in [-0.2, 0) is 25.5 Å². The van der Waals surface area contributed by atoms with Gasteiger partial charge in [0.15, 0.2) is 0 Å². The molecule has 0 bridgehead atoms. The molecule has 0 spiro atoms. The van der Waals surface area contributed by atoms with Gasteiger partial charge in [0, 0.05) is 19.4 Å². The molecule has 0 atom stereocenters. The van der Waals surface area contributed by atoms with Gasteiger partial charge in [-0.25, -0.2) is 0 Å². The number of esters is 2. The quantitative estimate of drug-likeness (QED) is 0.189. The predicted molar refractivity (Wildman–Crippen MR) is 123 cm³/mol. The number of unbranched alkanes of at least 4 members (excludes halogenated alkanes) is 7. The molecule has 0 saturated heterocycles. The smallest absolute Gasteiger partial charge is 0.305 e. The number of rotatable bonds is 14. The average Bonchev–Trinajstić information content (AvgIpc) is 2.67. The average molecular weight is 417 g/mol. The molecule has 0 fully saturated rings. The molecule has 4 heteroatoms. The van der Waals surface area contributed by atoms with Crippen LogP contribution >= 0.6 is 0 Å². The summed E-state index contributed by atoms with van der Waals surface area (Å²) in [5.41, 5.74) is 3.10. The van der Waals surface area contributed by atoms with Crippen LogP contribution in [0.3, 0.4) is 0 Å². The molecule has 0 aliphatic carbocycles. The van der Waals surface area contributed by atoms with E-state index in [0.717, 1.165) is 17.6 Å². The van der Waals surface area contributed by atoms with Crippen molar-refractivity contribution in [2.75, 3.05) is 0 Å². The van der Waals surface area contributed by atoms with Crippen molar-refractivity contribution in [2.45, 2.75) is 98.7 Å². The highest BCUT2D eigenvalue weighted by Gasteiger charge is 2.23. The third kappa shape index (κ3) is 11.2. The number of hydrogen-bond donors (Lipinski definition) is 0. The van der Waals surface area contributed by atoms with E-state index in [1.54, 1.807) is 0 Å². The summed E-state index contributed by atoms with van der Waals surface area (Å²) in [6.45, 7) is 8.86. The zero-order valence-corrected chi connectivity index (χ0v) is 19.5. The summed E-state index contributed by atoms with van der Waals surface area (Å²) < 4.78 is 10.5. The number of hydrogen-bond acceptors (Lipinski definition) is 4. The fraction of sp³-hybridized carbons (Fsp3) is 0.615. The maximum atomic E-state index is 11.4. The molecule has 0 N–H and O–H groups in total. The molecule has 0 aliphatic rings. The molecular weight excluding hydrogens is 376 g/mol. The summed E-state index contributed by atoms with van der Waals surface area (Å²) in [6.07, 6.45) is 12.7. The summed E-state index contributed by atoms with van der Waals surface area (Å²) in [6, 6.07) is 8.44. The number of carbonyl (C=O) groups is 2. The van der Waals surface area contributed by atoms with E-state index in [2.05, 4.69) is 31.2 Å². The Morgan fingerprint density at radius 2 is 1.33 bits per heavy atom. The first-order chi connectivity index (χ1) is 14.3. The van der Waals surface area contributed by atoms with E-state index in [1.165, 1.54) is 70.8 Å². The molecule has 0 radical (unpaired) electrons. The van der Waals surface area contributed by atoms with Gasteiger partial charge in [0.2, 0.25) is 0 Å². The van der Waals surface area contributed by atoms with Crippen molar-refractivity contribution in [3.8, 4) is 0 Å². The molecule has 4 nitrogen and oxygen atoms in total. The number of carbonyl (C=O) groups excluding carboxylic acids is 2. The molecule has 168 valence electrons. The largest absolute Gasteiger partial charge is 0.421 e. The highest BCUT2D eigenvalue weighted by atomic mass is 16.7. The van der Waals surface area contributed by atoms with Gasteiger partial charge in [0.25, 0.3) is 6.29 Å². The van der Waals surface area contributed by atoms with Gasteiger partial charge in [-0.3, -0.25) is 9.59 Å². The fourth-order valence-corrected chi connectivity index (χ4v) is 3.40.